The number of fused-ring (bicyclic) bond motifs is 1. The van der Waals surface area contributed by atoms with Crippen molar-refractivity contribution in [1.29, 1.82) is 5.26 Å². The average Bonchev–Trinajstić information content (AvgIpc) is 2.78. The summed E-state index contributed by atoms with van der Waals surface area (Å²) in [6, 6.07) is 20.9. The van der Waals surface area contributed by atoms with Gasteiger partial charge in [-0.2, -0.15) is 5.26 Å². The topological polar surface area (TPSA) is 28.7 Å². The fourth-order valence-corrected chi connectivity index (χ4v) is 2.77. The van der Waals surface area contributed by atoms with Crippen molar-refractivity contribution < 1.29 is 0 Å². The van der Waals surface area contributed by atoms with Crippen molar-refractivity contribution in [3.05, 3.63) is 71.4 Å². The molecule has 0 spiro atoms. The van der Waals surface area contributed by atoms with Gasteiger partial charge in [0.1, 0.15) is 6.07 Å². The van der Waals surface area contributed by atoms with Crippen LogP contribution in [0.2, 0.25) is 0 Å². The molecular formula is C18H16N2. The first-order chi connectivity index (χ1) is 9.81. The zero-order valence-electron chi connectivity index (χ0n) is 11.5. The second kappa shape index (κ2) is 5.22. The maximum atomic E-state index is 9.46. The average molecular weight is 260 g/mol. The summed E-state index contributed by atoms with van der Waals surface area (Å²) in [4.78, 5) is 0. The van der Waals surface area contributed by atoms with Crippen LogP contribution in [0, 0.1) is 11.3 Å². The van der Waals surface area contributed by atoms with Gasteiger partial charge in [-0.3, -0.25) is 0 Å². The van der Waals surface area contributed by atoms with Gasteiger partial charge in [-0.1, -0.05) is 48.5 Å². The van der Waals surface area contributed by atoms with Crippen molar-refractivity contribution in [1.82, 2.24) is 4.57 Å². The largest absolute Gasteiger partial charge is 0.346 e. The minimum Gasteiger partial charge on any atom is -0.346 e. The second-order valence-corrected chi connectivity index (χ2v) is 5.00. The van der Waals surface area contributed by atoms with Crippen molar-refractivity contribution in [3.8, 4) is 6.07 Å². The van der Waals surface area contributed by atoms with Gasteiger partial charge in [-0.05, 0) is 24.5 Å². The Morgan fingerprint density at radius 2 is 1.65 bits per heavy atom. The van der Waals surface area contributed by atoms with E-state index < -0.39 is 0 Å². The fourth-order valence-electron chi connectivity index (χ4n) is 2.77. The van der Waals surface area contributed by atoms with Crippen LogP contribution in [0.15, 0.2) is 54.6 Å². The van der Waals surface area contributed by atoms with Crippen LogP contribution in [0.5, 0.6) is 0 Å². The van der Waals surface area contributed by atoms with Crippen LogP contribution in [0.1, 0.15) is 16.8 Å². The highest BCUT2D eigenvalue weighted by molar-refractivity contribution is 5.88. The minimum absolute atomic E-state index is 0.819. The number of rotatable bonds is 3. The lowest BCUT2D eigenvalue weighted by Gasteiger charge is -2.05. The molecule has 0 unspecified atom stereocenters. The number of para-hydroxylation sites is 1. The van der Waals surface area contributed by atoms with Crippen LogP contribution in [0.4, 0.5) is 0 Å². The normalized spacial score (nSPS) is 10.6. The molecule has 1 aromatic heterocycles. The lowest BCUT2D eigenvalue weighted by atomic mass is 10.1. The number of nitrogens with zero attached hydrogens (tertiary/aromatic N) is 2. The standard InChI is InChI=1S/C18H16N2/c1-20-17-10-6-5-9-15(17)16(13-19)18(20)12-11-14-7-3-2-4-8-14/h2-10H,11-12H2,1H3. The molecule has 0 aliphatic rings. The molecular weight excluding hydrogens is 244 g/mol. The van der Waals surface area contributed by atoms with Gasteiger partial charge in [0.2, 0.25) is 0 Å². The molecule has 1 heterocycles. The third-order valence-electron chi connectivity index (χ3n) is 3.83. The summed E-state index contributed by atoms with van der Waals surface area (Å²) >= 11 is 0. The first-order valence-electron chi connectivity index (χ1n) is 6.81. The molecule has 3 rings (SSSR count). The zero-order valence-corrected chi connectivity index (χ0v) is 11.5. The van der Waals surface area contributed by atoms with Crippen LogP contribution in [-0.4, -0.2) is 4.57 Å². The molecule has 0 aliphatic carbocycles. The van der Waals surface area contributed by atoms with Gasteiger partial charge in [-0.15, -0.1) is 0 Å². The molecule has 0 amide bonds. The Balaban J connectivity index is 1.99. The maximum Gasteiger partial charge on any atom is 0.102 e. The quantitative estimate of drug-likeness (QED) is 0.703. The molecule has 0 bridgehead atoms. The highest BCUT2D eigenvalue weighted by Crippen LogP contribution is 2.25. The van der Waals surface area contributed by atoms with E-state index in [1.807, 2.05) is 31.3 Å². The number of hydrogen-bond donors (Lipinski definition) is 0. The van der Waals surface area contributed by atoms with Gasteiger partial charge in [0.05, 0.1) is 5.56 Å². The summed E-state index contributed by atoms with van der Waals surface area (Å²) in [5, 5.41) is 10.5. The first kappa shape index (κ1) is 12.5. The number of nitriles is 1. The van der Waals surface area contributed by atoms with Gasteiger partial charge >= 0.3 is 0 Å². The highest BCUT2D eigenvalue weighted by Gasteiger charge is 2.13. The molecule has 0 saturated carbocycles. The van der Waals surface area contributed by atoms with Gasteiger partial charge < -0.3 is 4.57 Å². The second-order valence-electron chi connectivity index (χ2n) is 5.00. The Labute approximate surface area is 118 Å². The van der Waals surface area contributed by atoms with Crippen LogP contribution >= 0.6 is 0 Å². The van der Waals surface area contributed by atoms with E-state index in [-0.39, 0.29) is 0 Å². The Hall–Kier alpha value is -2.53. The molecule has 0 saturated heterocycles. The van der Waals surface area contributed by atoms with Crippen LogP contribution in [0.25, 0.3) is 10.9 Å². The Morgan fingerprint density at radius 3 is 2.40 bits per heavy atom. The molecule has 20 heavy (non-hydrogen) atoms. The van der Waals surface area contributed by atoms with E-state index in [1.54, 1.807) is 0 Å². The summed E-state index contributed by atoms with van der Waals surface area (Å²) in [6.45, 7) is 0. The lowest BCUT2D eigenvalue weighted by molar-refractivity contribution is 0.817. The van der Waals surface area contributed by atoms with Crippen LogP contribution in [-0.2, 0) is 19.9 Å². The van der Waals surface area contributed by atoms with Crippen molar-refractivity contribution in [2.24, 2.45) is 7.05 Å². The Bertz CT molecular complexity index is 776. The molecule has 0 fully saturated rings. The van der Waals surface area contributed by atoms with E-state index in [4.69, 9.17) is 0 Å². The van der Waals surface area contributed by atoms with E-state index in [0.29, 0.717) is 0 Å². The smallest absolute Gasteiger partial charge is 0.102 e. The summed E-state index contributed by atoms with van der Waals surface area (Å²) < 4.78 is 2.15. The highest BCUT2D eigenvalue weighted by atomic mass is 14.9. The third kappa shape index (κ3) is 2.08. The number of aryl methyl sites for hydroxylation is 2. The van der Waals surface area contributed by atoms with Crippen molar-refractivity contribution in [2.75, 3.05) is 0 Å². The van der Waals surface area contributed by atoms with E-state index in [2.05, 4.69) is 41.0 Å². The summed E-state index contributed by atoms with van der Waals surface area (Å²) in [7, 11) is 2.05. The summed E-state index contributed by atoms with van der Waals surface area (Å²) in [5.41, 5.74) is 4.38. The van der Waals surface area contributed by atoms with Gasteiger partial charge in [-0.25, -0.2) is 0 Å². The van der Waals surface area contributed by atoms with Gasteiger partial charge in [0.15, 0.2) is 0 Å². The zero-order chi connectivity index (χ0) is 13.9. The molecule has 2 aromatic carbocycles. The van der Waals surface area contributed by atoms with E-state index in [9.17, 15) is 5.26 Å². The molecule has 2 nitrogen and oxygen atoms in total. The van der Waals surface area contributed by atoms with E-state index >= 15 is 0 Å². The molecule has 98 valence electrons. The Morgan fingerprint density at radius 1 is 0.950 bits per heavy atom. The summed E-state index contributed by atoms with van der Waals surface area (Å²) in [5.74, 6) is 0. The molecule has 0 N–H and O–H groups in total. The molecule has 3 aromatic rings. The third-order valence-corrected chi connectivity index (χ3v) is 3.83. The molecule has 2 heteroatoms. The van der Waals surface area contributed by atoms with Gasteiger partial charge in [0, 0.05) is 23.6 Å². The van der Waals surface area contributed by atoms with Crippen LogP contribution < -0.4 is 0 Å². The lowest BCUT2D eigenvalue weighted by Crippen LogP contribution is -2.00. The maximum absolute atomic E-state index is 9.46. The molecule has 0 radical (unpaired) electrons. The monoisotopic (exact) mass is 260 g/mol. The van der Waals surface area contributed by atoms with Gasteiger partial charge in [0.25, 0.3) is 0 Å². The Kier molecular flexibility index (Phi) is 3.26. The number of hydrogen-bond acceptors (Lipinski definition) is 1. The van der Waals surface area contributed by atoms with Crippen molar-refractivity contribution >= 4 is 10.9 Å². The first-order valence-corrected chi connectivity index (χ1v) is 6.81. The van der Waals surface area contributed by atoms with Crippen molar-refractivity contribution in [3.63, 3.8) is 0 Å². The SMILES string of the molecule is Cn1c(CCc2ccccc2)c(C#N)c2ccccc21. The number of aromatic nitrogens is 1. The van der Waals surface area contributed by atoms with Crippen LogP contribution in [0.3, 0.4) is 0 Å². The van der Waals surface area contributed by atoms with Crippen molar-refractivity contribution in [2.45, 2.75) is 12.8 Å². The molecule has 0 atom stereocenters. The summed E-state index contributed by atoms with van der Waals surface area (Å²) in [6.07, 6.45) is 1.85. The number of benzene rings is 2. The van der Waals surface area contributed by atoms with E-state index in [0.717, 1.165) is 35.0 Å². The minimum atomic E-state index is 0.819. The fraction of sp³-hybridized carbons (Fsp3) is 0.167. The predicted molar refractivity (Wildman–Crippen MR) is 81.5 cm³/mol. The van der Waals surface area contributed by atoms with E-state index in [1.165, 1.54) is 5.56 Å². The molecule has 0 aliphatic heterocycles. The predicted octanol–water partition coefficient (Wildman–Crippen LogP) is 3.84.